The van der Waals surface area contributed by atoms with Gasteiger partial charge in [-0.3, -0.25) is 9.63 Å². The Hall–Kier alpha value is -2.35. The van der Waals surface area contributed by atoms with Crippen LogP contribution >= 0.6 is 0 Å². The Labute approximate surface area is 128 Å². The molecule has 2 aromatic carbocycles. The molecule has 7 heteroatoms. The fourth-order valence-corrected chi connectivity index (χ4v) is 1.77. The minimum Gasteiger partial charge on any atom is -0.497 e. The molecule has 0 saturated carbocycles. The third kappa shape index (κ3) is 4.32. The van der Waals surface area contributed by atoms with Crippen LogP contribution in [0.1, 0.15) is 15.9 Å². The summed E-state index contributed by atoms with van der Waals surface area (Å²) in [6.07, 6.45) is 0. The lowest BCUT2D eigenvalue weighted by molar-refractivity contribution is 0.0233. The van der Waals surface area contributed by atoms with Crippen molar-refractivity contribution < 1.29 is 24.4 Å². The van der Waals surface area contributed by atoms with Gasteiger partial charge in [-0.2, -0.15) is 0 Å². The monoisotopic (exact) mass is 301 g/mol. The molecule has 6 nitrogen and oxygen atoms in total. The molecule has 1 amide bonds. The zero-order valence-electron chi connectivity index (χ0n) is 12.0. The van der Waals surface area contributed by atoms with E-state index in [0.717, 1.165) is 5.56 Å². The molecular weight excluding hydrogens is 285 g/mol. The van der Waals surface area contributed by atoms with Crippen LogP contribution in [-0.4, -0.2) is 30.2 Å². The van der Waals surface area contributed by atoms with Crippen molar-refractivity contribution in [1.82, 2.24) is 5.48 Å². The van der Waals surface area contributed by atoms with Crippen molar-refractivity contribution in [2.75, 3.05) is 7.11 Å². The van der Waals surface area contributed by atoms with E-state index in [0.29, 0.717) is 16.8 Å². The standard InChI is InChI=1S/C15H16BNO5/c1-21-14-8-4-12(5-9-14)15(18)17-22-10-11-2-6-13(7-3-11)16(19)20/h2-9,19-20H,10H2,1H3,(H,17,18). The van der Waals surface area contributed by atoms with E-state index in [9.17, 15) is 4.79 Å². The summed E-state index contributed by atoms with van der Waals surface area (Å²) in [5.41, 5.74) is 3.99. The second-order valence-electron chi connectivity index (χ2n) is 4.56. The van der Waals surface area contributed by atoms with E-state index < -0.39 is 7.12 Å². The highest BCUT2D eigenvalue weighted by molar-refractivity contribution is 6.58. The summed E-state index contributed by atoms with van der Waals surface area (Å²) in [5.74, 6) is 0.314. The van der Waals surface area contributed by atoms with Crippen molar-refractivity contribution in [3.05, 3.63) is 59.7 Å². The maximum atomic E-state index is 11.8. The summed E-state index contributed by atoms with van der Waals surface area (Å²) >= 11 is 0. The molecular formula is C15H16BNO5. The molecule has 3 N–H and O–H groups in total. The number of rotatable bonds is 6. The minimum atomic E-state index is -1.50. The molecule has 22 heavy (non-hydrogen) atoms. The summed E-state index contributed by atoms with van der Waals surface area (Å²) in [4.78, 5) is 17.0. The Kier molecular flexibility index (Phi) is 5.54. The van der Waals surface area contributed by atoms with Gasteiger partial charge in [0.15, 0.2) is 0 Å². The number of carbonyl (C=O) groups excluding carboxylic acids is 1. The number of ether oxygens (including phenoxy) is 1. The van der Waals surface area contributed by atoms with Crippen molar-refractivity contribution in [2.24, 2.45) is 0 Å². The first-order valence-electron chi connectivity index (χ1n) is 6.61. The van der Waals surface area contributed by atoms with E-state index in [1.165, 1.54) is 0 Å². The third-order valence-electron chi connectivity index (χ3n) is 3.03. The van der Waals surface area contributed by atoms with Crippen molar-refractivity contribution in [3.8, 4) is 5.75 Å². The lowest BCUT2D eigenvalue weighted by atomic mass is 9.80. The quantitative estimate of drug-likeness (QED) is 0.525. The molecule has 0 atom stereocenters. The van der Waals surface area contributed by atoms with Crippen LogP contribution in [0.15, 0.2) is 48.5 Å². The predicted octanol–water partition coefficient (Wildman–Crippen LogP) is 0.237. The lowest BCUT2D eigenvalue weighted by Crippen LogP contribution is -2.29. The highest BCUT2D eigenvalue weighted by atomic mass is 16.6. The van der Waals surface area contributed by atoms with Crippen molar-refractivity contribution >= 4 is 18.5 Å². The number of carbonyl (C=O) groups is 1. The van der Waals surface area contributed by atoms with Crippen molar-refractivity contribution in [1.29, 1.82) is 0 Å². The summed E-state index contributed by atoms with van der Waals surface area (Å²) in [6, 6.07) is 13.2. The molecule has 114 valence electrons. The van der Waals surface area contributed by atoms with Gasteiger partial charge in [-0.1, -0.05) is 24.3 Å². The van der Waals surface area contributed by atoms with Crippen LogP contribution in [0.2, 0.25) is 0 Å². The number of methoxy groups -OCH3 is 1. The van der Waals surface area contributed by atoms with E-state index in [1.54, 1.807) is 55.6 Å². The topological polar surface area (TPSA) is 88.0 Å². The average molecular weight is 301 g/mol. The highest BCUT2D eigenvalue weighted by Gasteiger charge is 2.10. The van der Waals surface area contributed by atoms with Gasteiger partial charge < -0.3 is 14.8 Å². The van der Waals surface area contributed by atoms with Gasteiger partial charge in [0.1, 0.15) is 5.75 Å². The molecule has 2 aromatic rings. The Balaban J connectivity index is 1.83. The normalized spacial score (nSPS) is 10.1. The Bertz CT molecular complexity index is 613. The van der Waals surface area contributed by atoms with Gasteiger partial charge in [0, 0.05) is 5.56 Å². The van der Waals surface area contributed by atoms with Crippen LogP contribution in [-0.2, 0) is 11.4 Å². The summed E-state index contributed by atoms with van der Waals surface area (Å²) in [7, 11) is 0.0592. The molecule has 0 aromatic heterocycles. The minimum absolute atomic E-state index is 0.170. The van der Waals surface area contributed by atoms with Crippen molar-refractivity contribution in [3.63, 3.8) is 0 Å². The van der Waals surface area contributed by atoms with E-state index in [2.05, 4.69) is 5.48 Å². The number of hydrogen-bond donors (Lipinski definition) is 3. The highest BCUT2D eigenvalue weighted by Crippen LogP contribution is 2.11. The Morgan fingerprint density at radius 2 is 1.73 bits per heavy atom. The van der Waals surface area contributed by atoms with Gasteiger partial charge in [0.25, 0.3) is 5.91 Å². The number of nitrogens with one attached hydrogen (secondary N) is 1. The van der Waals surface area contributed by atoms with Gasteiger partial charge >= 0.3 is 7.12 Å². The average Bonchev–Trinajstić information content (AvgIpc) is 2.55. The SMILES string of the molecule is COc1ccc(C(=O)NOCc2ccc(B(O)O)cc2)cc1. The maximum Gasteiger partial charge on any atom is 0.488 e. The molecule has 0 radical (unpaired) electrons. The van der Waals surface area contributed by atoms with Crippen molar-refractivity contribution in [2.45, 2.75) is 6.61 Å². The zero-order valence-corrected chi connectivity index (χ0v) is 12.0. The summed E-state index contributed by atoms with van der Waals surface area (Å²) in [6.45, 7) is 0.170. The van der Waals surface area contributed by atoms with Crippen LogP contribution < -0.4 is 15.7 Å². The first kappa shape index (κ1) is 16.0. The fraction of sp³-hybridized carbons (Fsp3) is 0.133. The molecule has 0 unspecified atom stereocenters. The Morgan fingerprint density at radius 1 is 1.09 bits per heavy atom. The number of benzene rings is 2. The summed E-state index contributed by atoms with van der Waals surface area (Å²) in [5, 5.41) is 18.0. The van der Waals surface area contributed by atoms with Gasteiger partial charge in [-0.05, 0) is 35.3 Å². The zero-order chi connectivity index (χ0) is 15.9. The first-order valence-corrected chi connectivity index (χ1v) is 6.61. The maximum absolute atomic E-state index is 11.8. The second kappa shape index (κ2) is 7.60. The molecule has 0 bridgehead atoms. The van der Waals surface area contributed by atoms with Gasteiger partial charge in [-0.25, -0.2) is 5.48 Å². The van der Waals surface area contributed by atoms with E-state index in [1.807, 2.05) is 0 Å². The van der Waals surface area contributed by atoms with Gasteiger partial charge in [-0.15, -0.1) is 0 Å². The van der Waals surface area contributed by atoms with E-state index >= 15 is 0 Å². The molecule has 0 spiro atoms. The van der Waals surface area contributed by atoms with Gasteiger partial charge in [0.2, 0.25) is 0 Å². The summed E-state index contributed by atoms with van der Waals surface area (Å²) < 4.78 is 5.02. The number of hydrogen-bond acceptors (Lipinski definition) is 5. The predicted molar refractivity (Wildman–Crippen MR) is 81.5 cm³/mol. The first-order chi connectivity index (χ1) is 10.6. The third-order valence-corrected chi connectivity index (χ3v) is 3.03. The largest absolute Gasteiger partial charge is 0.497 e. The lowest BCUT2D eigenvalue weighted by Gasteiger charge is -2.07. The van der Waals surface area contributed by atoms with Gasteiger partial charge in [0.05, 0.1) is 13.7 Å². The molecule has 0 aliphatic carbocycles. The van der Waals surface area contributed by atoms with E-state index in [-0.39, 0.29) is 12.5 Å². The van der Waals surface area contributed by atoms with Crippen LogP contribution in [0.3, 0.4) is 0 Å². The number of amides is 1. The Morgan fingerprint density at radius 3 is 2.27 bits per heavy atom. The molecule has 0 aliphatic heterocycles. The van der Waals surface area contributed by atoms with E-state index in [4.69, 9.17) is 19.6 Å². The fourth-order valence-electron chi connectivity index (χ4n) is 1.77. The van der Waals surface area contributed by atoms with Crippen LogP contribution in [0, 0.1) is 0 Å². The molecule has 0 fully saturated rings. The molecule has 2 rings (SSSR count). The number of hydroxylamine groups is 1. The molecule has 0 aliphatic rings. The van der Waals surface area contributed by atoms with Crippen LogP contribution in [0.25, 0.3) is 0 Å². The van der Waals surface area contributed by atoms with Crippen LogP contribution in [0.4, 0.5) is 0 Å². The van der Waals surface area contributed by atoms with Crippen LogP contribution in [0.5, 0.6) is 5.75 Å². The second-order valence-corrected chi connectivity index (χ2v) is 4.56. The smallest absolute Gasteiger partial charge is 0.488 e. The molecule has 0 saturated heterocycles. The molecule has 0 heterocycles.